The molecule has 0 aromatic carbocycles. The lowest BCUT2D eigenvalue weighted by Gasteiger charge is -2.06. The maximum Gasteiger partial charge on any atom is 0.193 e. The molecule has 0 radical (unpaired) electrons. The molecule has 0 unspecified atom stereocenters. The summed E-state index contributed by atoms with van der Waals surface area (Å²) in [5.41, 5.74) is 10.9. The molecular formula is C7H11ClN2O. The first kappa shape index (κ1) is 8.59. The molecule has 4 heteroatoms. The van der Waals surface area contributed by atoms with E-state index in [9.17, 15) is 0 Å². The van der Waals surface area contributed by atoms with Crippen molar-refractivity contribution in [2.75, 3.05) is 13.1 Å². The van der Waals surface area contributed by atoms with E-state index in [0.717, 1.165) is 5.76 Å². The Hall–Kier alpha value is -0.510. The molecule has 0 amide bonds. The molecule has 11 heavy (non-hydrogen) atoms. The summed E-state index contributed by atoms with van der Waals surface area (Å²) in [5, 5.41) is 0.381. The average Bonchev–Trinajstić information content (AvgIpc) is 2.39. The Kier molecular flexibility index (Phi) is 2.93. The molecule has 62 valence electrons. The first-order valence-corrected chi connectivity index (χ1v) is 3.81. The van der Waals surface area contributed by atoms with E-state index >= 15 is 0 Å². The van der Waals surface area contributed by atoms with E-state index < -0.39 is 0 Å². The number of rotatable bonds is 3. The van der Waals surface area contributed by atoms with Crippen LogP contribution in [-0.4, -0.2) is 13.1 Å². The van der Waals surface area contributed by atoms with Crippen molar-refractivity contribution in [3.8, 4) is 0 Å². The standard InChI is InChI=1S/C7H11ClN2O/c8-7-2-1-6(11-7)5(3-9)4-10/h1-2,5H,3-4,9-10H2. The highest BCUT2D eigenvalue weighted by atomic mass is 35.5. The minimum atomic E-state index is 0.0856. The van der Waals surface area contributed by atoms with Crippen molar-refractivity contribution in [1.82, 2.24) is 0 Å². The van der Waals surface area contributed by atoms with E-state index in [-0.39, 0.29) is 5.92 Å². The Balaban J connectivity index is 2.73. The van der Waals surface area contributed by atoms with Crippen LogP contribution in [0.5, 0.6) is 0 Å². The van der Waals surface area contributed by atoms with Gasteiger partial charge in [-0.2, -0.15) is 0 Å². The van der Waals surface area contributed by atoms with Gasteiger partial charge >= 0.3 is 0 Å². The number of hydrogen-bond acceptors (Lipinski definition) is 3. The van der Waals surface area contributed by atoms with E-state index in [1.807, 2.05) is 0 Å². The second-order valence-corrected chi connectivity index (χ2v) is 2.68. The van der Waals surface area contributed by atoms with Crippen LogP contribution in [0.2, 0.25) is 5.22 Å². The van der Waals surface area contributed by atoms with E-state index in [4.69, 9.17) is 27.5 Å². The van der Waals surface area contributed by atoms with Crippen molar-refractivity contribution in [2.24, 2.45) is 11.5 Å². The van der Waals surface area contributed by atoms with Crippen LogP contribution in [0.4, 0.5) is 0 Å². The lowest BCUT2D eigenvalue weighted by atomic mass is 10.1. The average molecular weight is 175 g/mol. The molecule has 1 aromatic rings. The van der Waals surface area contributed by atoms with Gasteiger partial charge in [0.2, 0.25) is 0 Å². The fraction of sp³-hybridized carbons (Fsp3) is 0.429. The highest BCUT2D eigenvalue weighted by molar-refractivity contribution is 6.28. The van der Waals surface area contributed by atoms with Crippen LogP contribution < -0.4 is 11.5 Å². The van der Waals surface area contributed by atoms with Gasteiger partial charge in [0.25, 0.3) is 0 Å². The number of hydrogen-bond donors (Lipinski definition) is 2. The molecule has 0 fully saturated rings. The van der Waals surface area contributed by atoms with Gasteiger partial charge in [0, 0.05) is 19.0 Å². The monoisotopic (exact) mass is 174 g/mol. The molecule has 1 rings (SSSR count). The lowest BCUT2D eigenvalue weighted by Crippen LogP contribution is -2.20. The topological polar surface area (TPSA) is 65.2 Å². The van der Waals surface area contributed by atoms with Crippen molar-refractivity contribution < 1.29 is 4.42 Å². The Morgan fingerprint density at radius 2 is 2.00 bits per heavy atom. The zero-order chi connectivity index (χ0) is 8.27. The first-order valence-electron chi connectivity index (χ1n) is 3.43. The van der Waals surface area contributed by atoms with Gasteiger partial charge in [0.15, 0.2) is 5.22 Å². The summed E-state index contributed by atoms with van der Waals surface area (Å²) in [5.74, 6) is 0.850. The summed E-state index contributed by atoms with van der Waals surface area (Å²) < 4.78 is 5.13. The van der Waals surface area contributed by atoms with Gasteiger partial charge in [-0.3, -0.25) is 0 Å². The van der Waals surface area contributed by atoms with Crippen molar-refractivity contribution in [3.63, 3.8) is 0 Å². The summed E-state index contributed by atoms with van der Waals surface area (Å²) >= 11 is 5.57. The number of furan rings is 1. The van der Waals surface area contributed by atoms with Crippen LogP contribution in [0.25, 0.3) is 0 Å². The summed E-state index contributed by atoms with van der Waals surface area (Å²) in [6.45, 7) is 0.973. The van der Waals surface area contributed by atoms with Crippen LogP contribution in [0.3, 0.4) is 0 Å². The molecule has 1 aromatic heterocycles. The van der Waals surface area contributed by atoms with Crippen LogP contribution in [0.15, 0.2) is 16.5 Å². The molecule has 0 aliphatic heterocycles. The Labute approximate surface area is 70.3 Å². The molecule has 0 aliphatic carbocycles. The molecule has 0 spiro atoms. The van der Waals surface area contributed by atoms with Crippen LogP contribution in [0.1, 0.15) is 11.7 Å². The van der Waals surface area contributed by atoms with Gasteiger partial charge in [-0.1, -0.05) is 0 Å². The van der Waals surface area contributed by atoms with Crippen LogP contribution >= 0.6 is 11.6 Å². The van der Waals surface area contributed by atoms with Crippen molar-refractivity contribution in [3.05, 3.63) is 23.1 Å². The molecule has 0 saturated heterocycles. The maximum atomic E-state index is 5.57. The van der Waals surface area contributed by atoms with Gasteiger partial charge in [-0.15, -0.1) is 0 Å². The summed E-state index contributed by atoms with van der Waals surface area (Å²) in [6, 6.07) is 3.49. The van der Waals surface area contributed by atoms with Gasteiger partial charge < -0.3 is 15.9 Å². The fourth-order valence-electron chi connectivity index (χ4n) is 0.876. The Bertz CT molecular complexity index is 220. The van der Waals surface area contributed by atoms with Crippen LogP contribution in [-0.2, 0) is 0 Å². The highest BCUT2D eigenvalue weighted by Crippen LogP contribution is 2.19. The second kappa shape index (κ2) is 3.76. The van der Waals surface area contributed by atoms with Gasteiger partial charge in [0.1, 0.15) is 5.76 Å². The largest absolute Gasteiger partial charge is 0.449 e. The van der Waals surface area contributed by atoms with Gasteiger partial charge in [0.05, 0.1) is 0 Å². The zero-order valence-corrected chi connectivity index (χ0v) is 6.84. The highest BCUT2D eigenvalue weighted by Gasteiger charge is 2.10. The third-order valence-corrected chi connectivity index (χ3v) is 1.77. The molecule has 4 N–H and O–H groups in total. The minimum absolute atomic E-state index is 0.0856. The molecule has 0 atom stereocenters. The van der Waals surface area contributed by atoms with Gasteiger partial charge in [-0.25, -0.2) is 0 Å². The van der Waals surface area contributed by atoms with E-state index in [1.165, 1.54) is 0 Å². The molecule has 0 aliphatic rings. The fourth-order valence-corrected chi connectivity index (χ4v) is 1.03. The summed E-state index contributed by atoms with van der Waals surface area (Å²) in [6.07, 6.45) is 0. The quantitative estimate of drug-likeness (QED) is 0.717. The van der Waals surface area contributed by atoms with Crippen molar-refractivity contribution in [1.29, 1.82) is 0 Å². The zero-order valence-electron chi connectivity index (χ0n) is 6.09. The molecule has 0 saturated carbocycles. The molecule has 1 heterocycles. The smallest absolute Gasteiger partial charge is 0.193 e. The predicted octanol–water partition coefficient (Wildman–Crippen LogP) is 0.934. The molecular weight excluding hydrogens is 164 g/mol. The summed E-state index contributed by atoms with van der Waals surface area (Å²) in [4.78, 5) is 0. The van der Waals surface area contributed by atoms with E-state index in [1.54, 1.807) is 12.1 Å². The molecule has 0 bridgehead atoms. The number of nitrogens with two attached hydrogens (primary N) is 2. The lowest BCUT2D eigenvalue weighted by molar-refractivity contribution is 0.468. The maximum absolute atomic E-state index is 5.57. The van der Waals surface area contributed by atoms with Crippen molar-refractivity contribution >= 4 is 11.6 Å². The Morgan fingerprint density at radius 3 is 2.36 bits per heavy atom. The van der Waals surface area contributed by atoms with Crippen LogP contribution in [0, 0.1) is 0 Å². The van der Waals surface area contributed by atoms with Gasteiger partial charge in [-0.05, 0) is 23.7 Å². The third kappa shape index (κ3) is 1.96. The van der Waals surface area contributed by atoms with Crippen molar-refractivity contribution in [2.45, 2.75) is 5.92 Å². The second-order valence-electron chi connectivity index (χ2n) is 2.31. The SMILES string of the molecule is NCC(CN)c1ccc(Cl)o1. The van der Waals surface area contributed by atoms with E-state index in [2.05, 4.69) is 0 Å². The minimum Gasteiger partial charge on any atom is -0.449 e. The first-order chi connectivity index (χ1) is 5.27. The normalized spacial score (nSPS) is 10.9. The third-order valence-electron chi connectivity index (χ3n) is 1.57. The number of halogens is 1. The van der Waals surface area contributed by atoms with E-state index in [0.29, 0.717) is 18.3 Å². The molecule has 3 nitrogen and oxygen atoms in total. The Morgan fingerprint density at radius 1 is 1.36 bits per heavy atom. The summed E-state index contributed by atoms with van der Waals surface area (Å²) in [7, 11) is 0. The predicted molar refractivity (Wildman–Crippen MR) is 44.6 cm³/mol.